The van der Waals surface area contributed by atoms with E-state index in [2.05, 4.69) is 10.1 Å². The maximum Gasteiger partial charge on any atom is 0.282 e. The third-order valence-corrected chi connectivity index (χ3v) is 3.49. The second kappa shape index (κ2) is 4.28. The van der Waals surface area contributed by atoms with Crippen molar-refractivity contribution in [3.05, 3.63) is 70.9 Å². The van der Waals surface area contributed by atoms with E-state index in [0.717, 1.165) is 5.52 Å². The second-order valence-corrected chi connectivity index (χ2v) is 4.79. The largest absolute Gasteiger partial charge is 0.360 e. The lowest BCUT2D eigenvalue weighted by Gasteiger charge is -2.02. The Kier molecular flexibility index (Phi) is 2.41. The first-order chi connectivity index (χ1) is 10.2. The van der Waals surface area contributed by atoms with E-state index in [0.29, 0.717) is 22.3 Å². The van der Waals surface area contributed by atoms with E-state index in [1.807, 2.05) is 18.2 Å². The Hall–Kier alpha value is -2.95. The zero-order valence-corrected chi connectivity index (χ0v) is 10.9. The van der Waals surface area contributed by atoms with E-state index in [-0.39, 0.29) is 11.4 Å². The maximum absolute atomic E-state index is 13.5. The number of nitrogens with one attached hydrogen (secondary N) is 1. The van der Waals surface area contributed by atoms with E-state index in [1.54, 1.807) is 24.4 Å². The standard InChI is InChI=1S/C16H10FN3O/c17-10-6-7-14-12(8-10)15-13(9-18-14)16(21)20(19-15)11-4-2-1-3-5-11/h1-9,18H. The van der Waals surface area contributed by atoms with Crippen LogP contribution in [0.25, 0.3) is 27.8 Å². The Morgan fingerprint density at radius 3 is 2.71 bits per heavy atom. The lowest BCUT2D eigenvalue weighted by Crippen LogP contribution is -2.14. The molecule has 21 heavy (non-hydrogen) atoms. The number of aromatic nitrogens is 3. The summed E-state index contributed by atoms with van der Waals surface area (Å²) in [6, 6.07) is 13.5. The molecule has 2 aromatic carbocycles. The summed E-state index contributed by atoms with van der Waals surface area (Å²) in [4.78, 5) is 15.5. The van der Waals surface area contributed by atoms with Gasteiger partial charge in [-0.15, -0.1) is 0 Å². The molecule has 0 atom stereocenters. The number of fused-ring (bicyclic) bond motifs is 3. The molecular formula is C16H10FN3O. The predicted molar refractivity (Wildman–Crippen MR) is 78.3 cm³/mol. The van der Waals surface area contributed by atoms with Crippen LogP contribution in [0.2, 0.25) is 0 Å². The molecule has 0 unspecified atom stereocenters. The normalized spacial score (nSPS) is 11.3. The zero-order valence-electron chi connectivity index (χ0n) is 10.9. The van der Waals surface area contributed by atoms with Gasteiger partial charge in [-0.25, -0.2) is 4.39 Å². The molecule has 4 rings (SSSR count). The van der Waals surface area contributed by atoms with Gasteiger partial charge in [0.2, 0.25) is 0 Å². The molecule has 0 saturated heterocycles. The number of aromatic amines is 1. The molecule has 0 spiro atoms. The highest BCUT2D eigenvalue weighted by Crippen LogP contribution is 2.26. The zero-order chi connectivity index (χ0) is 14.4. The van der Waals surface area contributed by atoms with E-state index < -0.39 is 0 Å². The fraction of sp³-hybridized carbons (Fsp3) is 0. The molecule has 0 radical (unpaired) electrons. The summed E-state index contributed by atoms with van der Waals surface area (Å²) in [6.07, 6.45) is 1.62. The smallest absolute Gasteiger partial charge is 0.282 e. The summed E-state index contributed by atoms with van der Waals surface area (Å²) >= 11 is 0. The summed E-state index contributed by atoms with van der Waals surface area (Å²) in [5.74, 6) is -0.356. The van der Waals surface area contributed by atoms with Gasteiger partial charge in [-0.2, -0.15) is 9.78 Å². The Balaban J connectivity index is 2.10. The number of nitrogens with zero attached hydrogens (tertiary/aromatic N) is 2. The van der Waals surface area contributed by atoms with E-state index in [9.17, 15) is 9.18 Å². The first-order valence-corrected chi connectivity index (χ1v) is 6.49. The fourth-order valence-corrected chi connectivity index (χ4v) is 2.48. The van der Waals surface area contributed by atoms with Crippen LogP contribution in [0, 0.1) is 5.82 Å². The molecule has 0 amide bonds. The average molecular weight is 279 g/mol. The topological polar surface area (TPSA) is 50.7 Å². The van der Waals surface area contributed by atoms with Crippen LogP contribution in [0.5, 0.6) is 0 Å². The summed E-state index contributed by atoms with van der Waals surface area (Å²) in [6.45, 7) is 0. The monoisotopic (exact) mass is 279 g/mol. The minimum atomic E-state index is -0.356. The van der Waals surface area contributed by atoms with Crippen molar-refractivity contribution in [1.29, 1.82) is 0 Å². The maximum atomic E-state index is 13.5. The van der Waals surface area contributed by atoms with Crippen LogP contribution in [0.15, 0.2) is 59.5 Å². The number of para-hydroxylation sites is 1. The molecule has 2 heterocycles. The molecule has 1 N–H and O–H groups in total. The van der Waals surface area contributed by atoms with Crippen LogP contribution in [0.3, 0.4) is 0 Å². The molecule has 0 aromatic heterocycles. The van der Waals surface area contributed by atoms with Crippen LogP contribution < -0.4 is 5.56 Å². The lowest BCUT2D eigenvalue weighted by atomic mass is 10.1. The van der Waals surface area contributed by atoms with Gasteiger partial charge in [0.05, 0.1) is 11.3 Å². The van der Waals surface area contributed by atoms with Crippen LogP contribution >= 0.6 is 0 Å². The van der Waals surface area contributed by atoms with Crippen molar-refractivity contribution in [3.8, 4) is 16.9 Å². The summed E-state index contributed by atoms with van der Waals surface area (Å²) in [7, 11) is 0. The predicted octanol–water partition coefficient (Wildman–Crippen LogP) is 2.96. The number of H-pyrrole nitrogens is 1. The number of rotatable bonds is 1. The van der Waals surface area contributed by atoms with Crippen LogP contribution in [-0.4, -0.2) is 14.8 Å². The fourth-order valence-electron chi connectivity index (χ4n) is 2.48. The van der Waals surface area contributed by atoms with Gasteiger partial charge in [0.25, 0.3) is 5.56 Å². The Labute approximate surface area is 118 Å². The first-order valence-electron chi connectivity index (χ1n) is 6.49. The number of halogens is 1. The van der Waals surface area contributed by atoms with Crippen molar-refractivity contribution in [1.82, 2.24) is 14.8 Å². The van der Waals surface area contributed by atoms with Crippen molar-refractivity contribution < 1.29 is 4.39 Å². The Morgan fingerprint density at radius 2 is 1.90 bits per heavy atom. The third-order valence-electron chi connectivity index (χ3n) is 3.49. The molecule has 2 aliphatic heterocycles. The molecular weight excluding hydrogens is 269 g/mol. The number of benzene rings is 2. The molecule has 2 aromatic rings. The van der Waals surface area contributed by atoms with Gasteiger partial charge in [-0.1, -0.05) is 18.2 Å². The van der Waals surface area contributed by atoms with Gasteiger partial charge in [0.1, 0.15) is 11.5 Å². The van der Waals surface area contributed by atoms with E-state index in [4.69, 9.17) is 0 Å². The number of pyridine rings is 1. The molecule has 102 valence electrons. The van der Waals surface area contributed by atoms with Crippen LogP contribution in [0.4, 0.5) is 4.39 Å². The van der Waals surface area contributed by atoms with Gasteiger partial charge in [-0.3, -0.25) is 4.79 Å². The second-order valence-electron chi connectivity index (χ2n) is 4.79. The van der Waals surface area contributed by atoms with Crippen LogP contribution in [-0.2, 0) is 0 Å². The van der Waals surface area contributed by atoms with Gasteiger partial charge < -0.3 is 4.98 Å². The minimum Gasteiger partial charge on any atom is -0.360 e. The van der Waals surface area contributed by atoms with E-state index in [1.165, 1.54) is 16.8 Å². The first kappa shape index (κ1) is 11.8. The van der Waals surface area contributed by atoms with Crippen molar-refractivity contribution in [2.45, 2.75) is 0 Å². The van der Waals surface area contributed by atoms with Crippen LogP contribution in [0.1, 0.15) is 0 Å². The van der Waals surface area contributed by atoms with Gasteiger partial charge in [0.15, 0.2) is 0 Å². The Bertz CT molecular complexity index is 972. The summed E-state index contributed by atoms with van der Waals surface area (Å²) in [5.41, 5.74) is 2.14. The molecule has 4 nitrogen and oxygen atoms in total. The third kappa shape index (κ3) is 1.74. The molecule has 0 aliphatic carbocycles. The summed E-state index contributed by atoms with van der Waals surface area (Å²) in [5, 5.41) is 4.97. The van der Waals surface area contributed by atoms with Crippen molar-refractivity contribution in [3.63, 3.8) is 0 Å². The van der Waals surface area contributed by atoms with E-state index >= 15 is 0 Å². The highest BCUT2D eigenvalue weighted by Gasteiger charge is 2.19. The average Bonchev–Trinajstić information content (AvgIpc) is 2.86. The van der Waals surface area contributed by atoms with Gasteiger partial charge in [0, 0.05) is 17.1 Å². The minimum absolute atomic E-state index is 0.224. The highest BCUT2D eigenvalue weighted by molar-refractivity contribution is 5.93. The van der Waals surface area contributed by atoms with Crippen molar-refractivity contribution in [2.75, 3.05) is 0 Å². The Morgan fingerprint density at radius 1 is 1.10 bits per heavy atom. The molecule has 0 saturated carbocycles. The lowest BCUT2D eigenvalue weighted by molar-refractivity contribution is 0.629. The number of hydrogen-bond donors (Lipinski definition) is 1. The SMILES string of the molecule is O=c1c2c[nH]c3ccc(F)cc3c-2nn1-c1ccccc1. The van der Waals surface area contributed by atoms with Gasteiger partial charge >= 0.3 is 0 Å². The molecule has 0 bridgehead atoms. The quantitative estimate of drug-likeness (QED) is 0.582. The van der Waals surface area contributed by atoms with Crippen molar-refractivity contribution >= 4 is 10.9 Å². The molecule has 5 heteroatoms. The summed E-state index contributed by atoms with van der Waals surface area (Å²) < 4.78 is 14.8. The van der Waals surface area contributed by atoms with Crippen molar-refractivity contribution in [2.24, 2.45) is 0 Å². The molecule has 2 aliphatic rings. The number of hydrogen-bond acceptors (Lipinski definition) is 2. The molecule has 0 fully saturated rings. The highest BCUT2D eigenvalue weighted by atomic mass is 19.1. The van der Waals surface area contributed by atoms with Gasteiger partial charge in [-0.05, 0) is 30.3 Å².